The number of phenols is 1. The van der Waals surface area contributed by atoms with Crippen LogP contribution < -0.4 is 14.8 Å². The fourth-order valence-corrected chi connectivity index (χ4v) is 6.47. The predicted octanol–water partition coefficient (Wildman–Crippen LogP) is 4.95. The van der Waals surface area contributed by atoms with Crippen molar-refractivity contribution in [2.45, 2.75) is 36.6 Å². The molecule has 4 N–H and O–H groups in total. The summed E-state index contributed by atoms with van der Waals surface area (Å²) >= 11 is 0. The van der Waals surface area contributed by atoms with Gasteiger partial charge in [-0.05, 0) is 91.4 Å². The fourth-order valence-electron chi connectivity index (χ4n) is 5.40. The Labute approximate surface area is 268 Å². The lowest BCUT2D eigenvalue weighted by atomic mass is 9.93. The predicted molar refractivity (Wildman–Crippen MR) is 174 cm³/mol. The van der Waals surface area contributed by atoms with Crippen LogP contribution in [0.2, 0.25) is 0 Å². The van der Waals surface area contributed by atoms with Crippen molar-refractivity contribution in [3.8, 4) is 17.2 Å². The zero-order valence-corrected chi connectivity index (χ0v) is 26.0. The molecule has 1 heterocycles. The van der Waals surface area contributed by atoms with Gasteiger partial charge in [-0.15, -0.1) is 0 Å². The number of amides is 2. The van der Waals surface area contributed by atoms with Gasteiger partial charge in [0, 0.05) is 31.7 Å². The molecule has 1 atom stereocenters. The van der Waals surface area contributed by atoms with Gasteiger partial charge in [0.15, 0.2) is 5.75 Å². The molecule has 0 saturated carbocycles. The van der Waals surface area contributed by atoms with E-state index in [1.165, 1.54) is 36.4 Å². The van der Waals surface area contributed by atoms with Crippen molar-refractivity contribution in [1.82, 2.24) is 10.2 Å². The van der Waals surface area contributed by atoms with Crippen LogP contribution in [0.4, 0.5) is 5.69 Å². The molecule has 1 saturated heterocycles. The molecule has 0 aliphatic carbocycles. The van der Waals surface area contributed by atoms with E-state index < -0.39 is 22.0 Å². The first-order chi connectivity index (χ1) is 22.2. The lowest BCUT2D eigenvalue weighted by Gasteiger charge is -2.34. The Balaban J connectivity index is 1.28. The molecule has 5 rings (SSSR count). The molecule has 1 fully saturated rings. The third-order valence-corrected chi connectivity index (χ3v) is 9.35. The third-order valence-electron chi connectivity index (χ3n) is 7.97. The van der Waals surface area contributed by atoms with Crippen LogP contribution in [0.15, 0.2) is 108 Å². The molecule has 4 aromatic carbocycles. The van der Waals surface area contributed by atoms with E-state index in [1.807, 2.05) is 18.2 Å². The highest BCUT2D eigenvalue weighted by Gasteiger charge is 2.30. The number of sulfonamides is 1. The van der Waals surface area contributed by atoms with E-state index in [4.69, 9.17) is 4.74 Å². The number of benzene rings is 4. The van der Waals surface area contributed by atoms with Crippen molar-refractivity contribution in [2.75, 3.05) is 24.4 Å². The number of aromatic hydroxyl groups is 1. The summed E-state index contributed by atoms with van der Waals surface area (Å²) in [4.78, 5) is 28.7. The molecule has 0 aromatic heterocycles. The number of para-hydroxylation sites is 3. The Kier molecular flexibility index (Phi) is 10.6. The van der Waals surface area contributed by atoms with Gasteiger partial charge in [-0.25, -0.2) is 8.42 Å². The number of ether oxygens (including phenoxy) is 1. The second-order valence-electron chi connectivity index (χ2n) is 11.2. The first-order valence-corrected chi connectivity index (χ1v) is 16.6. The number of anilines is 1. The van der Waals surface area contributed by atoms with Gasteiger partial charge in [-0.2, -0.15) is 0 Å². The number of nitrogens with one attached hydrogen (secondary N) is 2. The number of phenolic OH excluding ortho intramolecular Hbond substituents is 1. The van der Waals surface area contributed by atoms with E-state index in [2.05, 4.69) is 10.0 Å². The maximum Gasteiger partial charge on any atom is 0.262 e. The first-order valence-electron chi connectivity index (χ1n) is 15.1. The zero-order valence-electron chi connectivity index (χ0n) is 25.2. The summed E-state index contributed by atoms with van der Waals surface area (Å²) in [5.41, 5.74) is 1.21. The number of aliphatic hydroxyl groups excluding tert-OH is 1. The standard InChI is InChI=1S/C35H37N3O7S/c39-23-20-25-18-21-38(22-19-25)35(42)32(24-26-10-14-28(40)15-11-26)36-34(41)27-12-16-30(17-13-27)46(43,44)37-31-8-4-5-9-33(31)45-29-6-2-1-3-7-29/h1-17,25,32,37,39-40H,18-24H2,(H,36,41)/t32-/m0/s1. The van der Waals surface area contributed by atoms with E-state index >= 15 is 0 Å². The van der Waals surface area contributed by atoms with Crippen LogP contribution in [0.25, 0.3) is 0 Å². The van der Waals surface area contributed by atoms with Gasteiger partial charge in [-0.1, -0.05) is 42.5 Å². The zero-order chi connectivity index (χ0) is 32.5. The summed E-state index contributed by atoms with van der Waals surface area (Å²) in [6, 6.07) is 26.7. The molecule has 0 spiro atoms. The van der Waals surface area contributed by atoms with Gasteiger partial charge < -0.3 is 25.2 Å². The average Bonchev–Trinajstić information content (AvgIpc) is 3.07. The quantitative estimate of drug-likeness (QED) is 0.171. The SMILES string of the molecule is O=C(N[C@@H](Cc1ccc(O)cc1)C(=O)N1CCC(CCO)CC1)c1ccc(S(=O)(=O)Nc2ccccc2Oc2ccccc2)cc1. The maximum atomic E-state index is 13.6. The lowest BCUT2D eigenvalue weighted by Crippen LogP contribution is -2.51. The maximum absolute atomic E-state index is 13.6. The topological polar surface area (TPSA) is 145 Å². The smallest absolute Gasteiger partial charge is 0.262 e. The molecule has 0 bridgehead atoms. The number of aliphatic hydroxyl groups is 1. The van der Waals surface area contributed by atoms with Gasteiger partial charge in [0.1, 0.15) is 17.5 Å². The summed E-state index contributed by atoms with van der Waals surface area (Å²) < 4.78 is 35.0. The third kappa shape index (κ3) is 8.43. The van der Waals surface area contributed by atoms with Crippen LogP contribution in [0.5, 0.6) is 17.2 Å². The minimum atomic E-state index is -4.03. The Bertz CT molecular complexity index is 1720. The van der Waals surface area contributed by atoms with Crippen LogP contribution >= 0.6 is 0 Å². The summed E-state index contributed by atoms with van der Waals surface area (Å²) in [6.45, 7) is 1.18. The number of nitrogens with zero attached hydrogens (tertiary/aromatic N) is 1. The van der Waals surface area contributed by atoms with Crippen molar-refractivity contribution >= 4 is 27.5 Å². The molecule has 2 amide bonds. The van der Waals surface area contributed by atoms with Crippen molar-refractivity contribution in [1.29, 1.82) is 0 Å². The molecular weight excluding hydrogens is 606 g/mol. The summed E-state index contributed by atoms with van der Waals surface area (Å²) in [5, 5.41) is 21.8. The van der Waals surface area contributed by atoms with Gasteiger partial charge in [0.25, 0.3) is 15.9 Å². The number of carbonyl (C=O) groups is 2. The van der Waals surface area contributed by atoms with E-state index in [0.717, 1.165) is 18.4 Å². The number of carbonyl (C=O) groups excluding carboxylic acids is 2. The molecule has 0 unspecified atom stereocenters. The highest BCUT2D eigenvalue weighted by Crippen LogP contribution is 2.31. The van der Waals surface area contributed by atoms with Crippen LogP contribution in [-0.2, 0) is 21.2 Å². The Morgan fingerprint density at radius 2 is 1.52 bits per heavy atom. The highest BCUT2D eigenvalue weighted by atomic mass is 32.2. The molecule has 4 aromatic rings. The second kappa shape index (κ2) is 14.9. The molecule has 10 nitrogen and oxygen atoms in total. The van der Waals surface area contributed by atoms with Crippen LogP contribution in [-0.4, -0.2) is 61.1 Å². The number of hydrogen-bond acceptors (Lipinski definition) is 7. The summed E-state index contributed by atoms with van der Waals surface area (Å²) in [6.07, 6.45) is 2.46. The number of rotatable bonds is 12. The van der Waals surface area contributed by atoms with Crippen molar-refractivity contribution in [3.63, 3.8) is 0 Å². The fraction of sp³-hybridized carbons (Fsp3) is 0.257. The van der Waals surface area contributed by atoms with Gasteiger partial charge in [0.05, 0.1) is 10.6 Å². The first kappa shape index (κ1) is 32.5. The van der Waals surface area contributed by atoms with E-state index in [1.54, 1.807) is 53.4 Å². The molecular formula is C35H37N3O7S. The molecule has 1 aliphatic heterocycles. The summed E-state index contributed by atoms with van der Waals surface area (Å²) in [5.74, 6) is 0.592. The van der Waals surface area contributed by atoms with Gasteiger partial charge in [0.2, 0.25) is 5.91 Å². The van der Waals surface area contributed by atoms with Crippen LogP contribution in [0, 0.1) is 5.92 Å². The van der Waals surface area contributed by atoms with Crippen molar-refractivity contribution in [2.24, 2.45) is 5.92 Å². The lowest BCUT2D eigenvalue weighted by molar-refractivity contribution is -0.134. The van der Waals surface area contributed by atoms with Gasteiger partial charge >= 0.3 is 0 Å². The Hall–Kier alpha value is -4.87. The van der Waals surface area contributed by atoms with Crippen molar-refractivity contribution < 1.29 is 33.0 Å². The summed E-state index contributed by atoms with van der Waals surface area (Å²) in [7, 11) is -4.03. The molecule has 240 valence electrons. The molecule has 46 heavy (non-hydrogen) atoms. The second-order valence-corrected chi connectivity index (χ2v) is 12.9. The van der Waals surface area contributed by atoms with E-state index in [9.17, 15) is 28.2 Å². The van der Waals surface area contributed by atoms with Crippen LogP contribution in [0.3, 0.4) is 0 Å². The molecule has 11 heteroatoms. The van der Waals surface area contributed by atoms with E-state index in [0.29, 0.717) is 36.9 Å². The Morgan fingerprint density at radius 3 is 2.20 bits per heavy atom. The average molecular weight is 644 g/mol. The molecule has 0 radical (unpaired) electrons. The Morgan fingerprint density at radius 1 is 0.870 bits per heavy atom. The monoisotopic (exact) mass is 643 g/mol. The highest BCUT2D eigenvalue weighted by molar-refractivity contribution is 7.92. The minimum Gasteiger partial charge on any atom is -0.508 e. The number of likely N-dealkylation sites (tertiary alicyclic amines) is 1. The normalized spacial score (nSPS) is 14.3. The van der Waals surface area contributed by atoms with Crippen molar-refractivity contribution in [3.05, 3.63) is 114 Å². The number of hydrogen-bond donors (Lipinski definition) is 4. The largest absolute Gasteiger partial charge is 0.508 e. The van der Waals surface area contributed by atoms with Gasteiger partial charge in [-0.3, -0.25) is 14.3 Å². The van der Waals surface area contributed by atoms with E-state index in [-0.39, 0.29) is 40.8 Å². The van der Waals surface area contributed by atoms with Crippen LogP contribution in [0.1, 0.15) is 35.2 Å². The minimum absolute atomic E-state index is 0.0546. The molecule has 1 aliphatic rings. The number of piperidine rings is 1.